The molecule has 3 aromatic rings. The average Bonchev–Trinajstić information content (AvgIpc) is 2.98. The molecule has 0 radical (unpaired) electrons. The third-order valence-corrected chi connectivity index (χ3v) is 5.18. The molecule has 1 N–H and O–H groups in total. The summed E-state index contributed by atoms with van der Waals surface area (Å²) in [5, 5.41) is 4.50. The minimum Gasteiger partial charge on any atom is -0.495 e. The molecule has 1 amide bonds. The molecule has 0 saturated heterocycles. The Bertz CT molecular complexity index is 1000. The van der Waals surface area contributed by atoms with Crippen LogP contribution in [0.2, 0.25) is 5.02 Å². The van der Waals surface area contributed by atoms with Crippen molar-refractivity contribution in [1.29, 1.82) is 0 Å². The maximum Gasteiger partial charge on any atom is 0.229 e. The topological polar surface area (TPSA) is 51.5 Å². The number of fused-ring (bicyclic) bond motifs is 1. The maximum atomic E-state index is 12.6. The van der Waals surface area contributed by atoms with Crippen molar-refractivity contribution in [2.45, 2.75) is 40.0 Å². The standard InChI is InChI=1S/C22H24ClNO3/c1-12(2)16-9-17-15(11-27-20(17)7-13(16)3)8-22(25)24-19-6-14(4)18(23)10-21(19)26-5/h6-7,9-12H,8H2,1-5H3,(H,24,25). The summed E-state index contributed by atoms with van der Waals surface area (Å²) in [6.07, 6.45) is 1.89. The van der Waals surface area contributed by atoms with Crippen molar-refractivity contribution in [3.63, 3.8) is 0 Å². The Labute approximate surface area is 164 Å². The smallest absolute Gasteiger partial charge is 0.229 e. The van der Waals surface area contributed by atoms with Gasteiger partial charge in [-0.15, -0.1) is 0 Å². The fourth-order valence-electron chi connectivity index (χ4n) is 3.30. The van der Waals surface area contributed by atoms with E-state index in [1.165, 1.54) is 11.1 Å². The van der Waals surface area contributed by atoms with Crippen LogP contribution in [0.25, 0.3) is 11.0 Å². The number of halogens is 1. The molecule has 2 aromatic carbocycles. The van der Waals surface area contributed by atoms with Gasteiger partial charge in [-0.25, -0.2) is 0 Å². The Hall–Kier alpha value is -2.46. The fourth-order valence-corrected chi connectivity index (χ4v) is 3.45. The number of carbonyl (C=O) groups is 1. The highest BCUT2D eigenvalue weighted by atomic mass is 35.5. The van der Waals surface area contributed by atoms with Gasteiger partial charge in [0.2, 0.25) is 5.91 Å². The zero-order chi connectivity index (χ0) is 19.7. The van der Waals surface area contributed by atoms with Gasteiger partial charge in [-0.2, -0.15) is 0 Å². The van der Waals surface area contributed by atoms with Crippen LogP contribution in [0.1, 0.15) is 42.0 Å². The van der Waals surface area contributed by atoms with E-state index in [0.29, 0.717) is 22.4 Å². The number of hydrogen-bond donors (Lipinski definition) is 1. The first-order valence-electron chi connectivity index (χ1n) is 8.94. The lowest BCUT2D eigenvalue weighted by molar-refractivity contribution is -0.115. The summed E-state index contributed by atoms with van der Waals surface area (Å²) < 4.78 is 11.0. The number of hydrogen-bond acceptors (Lipinski definition) is 3. The second kappa shape index (κ2) is 7.65. The van der Waals surface area contributed by atoms with Crippen molar-refractivity contribution in [1.82, 2.24) is 0 Å². The number of nitrogens with one attached hydrogen (secondary N) is 1. The Kier molecular flexibility index (Phi) is 5.47. The van der Waals surface area contributed by atoms with Gasteiger partial charge in [0.25, 0.3) is 0 Å². The predicted octanol–water partition coefficient (Wildman–Crippen LogP) is 6.02. The molecule has 0 fully saturated rings. The number of anilines is 1. The maximum absolute atomic E-state index is 12.6. The van der Waals surface area contributed by atoms with Crippen LogP contribution in [0.15, 0.2) is 34.9 Å². The first kappa shape index (κ1) is 19.3. The number of ether oxygens (including phenoxy) is 1. The molecule has 0 atom stereocenters. The molecule has 0 saturated carbocycles. The zero-order valence-corrected chi connectivity index (χ0v) is 17.0. The fraction of sp³-hybridized carbons (Fsp3) is 0.318. The molecule has 142 valence electrons. The van der Waals surface area contributed by atoms with Crippen LogP contribution < -0.4 is 10.1 Å². The molecule has 27 heavy (non-hydrogen) atoms. The van der Waals surface area contributed by atoms with Crippen molar-refractivity contribution in [2.75, 3.05) is 12.4 Å². The van der Waals surface area contributed by atoms with Crippen LogP contribution in [0.5, 0.6) is 5.75 Å². The van der Waals surface area contributed by atoms with Crippen LogP contribution in [0.4, 0.5) is 5.69 Å². The lowest BCUT2D eigenvalue weighted by Crippen LogP contribution is -2.15. The van der Waals surface area contributed by atoms with Crippen LogP contribution in [-0.2, 0) is 11.2 Å². The minimum absolute atomic E-state index is 0.135. The molecule has 0 bridgehead atoms. The molecule has 0 spiro atoms. The summed E-state index contributed by atoms with van der Waals surface area (Å²) in [5.41, 5.74) is 5.62. The molecule has 5 heteroatoms. The highest BCUT2D eigenvalue weighted by Crippen LogP contribution is 2.32. The zero-order valence-electron chi connectivity index (χ0n) is 16.3. The monoisotopic (exact) mass is 385 g/mol. The van der Waals surface area contributed by atoms with Crippen molar-refractivity contribution in [3.05, 3.63) is 57.8 Å². The van der Waals surface area contributed by atoms with E-state index in [2.05, 4.69) is 32.2 Å². The van der Waals surface area contributed by atoms with Gasteiger partial charge in [0.05, 0.1) is 25.5 Å². The SMILES string of the molecule is COc1cc(Cl)c(C)cc1NC(=O)Cc1coc2cc(C)c(C(C)C)cc12. The van der Waals surface area contributed by atoms with Gasteiger partial charge in [0, 0.05) is 22.0 Å². The number of amides is 1. The Balaban J connectivity index is 1.87. The number of furan rings is 1. The first-order chi connectivity index (χ1) is 12.8. The molecule has 1 heterocycles. The van der Waals surface area contributed by atoms with Gasteiger partial charge in [-0.3, -0.25) is 4.79 Å². The molecular weight excluding hydrogens is 362 g/mol. The minimum atomic E-state index is -0.135. The number of aryl methyl sites for hydroxylation is 2. The van der Waals surface area contributed by atoms with E-state index >= 15 is 0 Å². The molecule has 4 nitrogen and oxygen atoms in total. The van der Waals surface area contributed by atoms with Crippen LogP contribution in [0, 0.1) is 13.8 Å². The lowest BCUT2D eigenvalue weighted by atomic mass is 9.95. The van der Waals surface area contributed by atoms with Gasteiger partial charge in [0.1, 0.15) is 11.3 Å². The Morgan fingerprint density at radius 2 is 1.93 bits per heavy atom. The van der Waals surface area contributed by atoms with Gasteiger partial charge >= 0.3 is 0 Å². The molecular formula is C22H24ClNO3. The molecule has 0 unspecified atom stereocenters. The summed E-state index contributed by atoms with van der Waals surface area (Å²) in [4.78, 5) is 12.6. The summed E-state index contributed by atoms with van der Waals surface area (Å²) in [7, 11) is 1.55. The van der Waals surface area contributed by atoms with E-state index < -0.39 is 0 Å². The summed E-state index contributed by atoms with van der Waals surface area (Å²) in [5.74, 6) is 0.811. The van der Waals surface area contributed by atoms with Crippen molar-refractivity contribution < 1.29 is 13.9 Å². The second-order valence-electron chi connectivity index (χ2n) is 7.15. The number of carbonyl (C=O) groups excluding carboxylic acids is 1. The molecule has 0 aliphatic heterocycles. The molecule has 1 aromatic heterocycles. The van der Waals surface area contributed by atoms with Crippen molar-refractivity contribution in [2.24, 2.45) is 0 Å². The Morgan fingerprint density at radius 1 is 1.19 bits per heavy atom. The highest BCUT2D eigenvalue weighted by Gasteiger charge is 2.16. The first-order valence-corrected chi connectivity index (χ1v) is 9.32. The third-order valence-electron chi connectivity index (χ3n) is 4.77. The van der Waals surface area contributed by atoms with Gasteiger partial charge in [0.15, 0.2) is 0 Å². The van der Waals surface area contributed by atoms with Crippen molar-refractivity contribution >= 4 is 34.2 Å². The van der Waals surface area contributed by atoms with E-state index in [-0.39, 0.29) is 12.3 Å². The Morgan fingerprint density at radius 3 is 2.59 bits per heavy atom. The summed E-state index contributed by atoms with van der Waals surface area (Å²) in [6.45, 7) is 8.29. The number of methoxy groups -OCH3 is 1. The largest absolute Gasteiger partial charge is 0.495 e. The lowest BCUT2D eigenvalue weighted by Gasteiger charge is -2.12. The summed E-state index contributed by atoms with van der Waals surface area (Å²) >= 11 is 6.13. The van der Waals surface area contributed by atoms with Gasteiger partial charge < -0.3 is 14.5 Å². The van der Waals surface area contributed by atoms with Crippen molar-refractivity contribution in [3.8, 4) is 5.75 Å². The normalized spacial score (nSPS) is 11.2. The second-order valence-corrected chi connectivity index (χ2v) is 7.55. The van der Waals surface area contributed by atoms with E-state index in [9.17, 15) is 4.79 Å². The third kappa shape index (κ3) is 3.96. The quantitative estimate of drug-likeness (QED) is 0.584. The van der Waals surface area contributed by atoms with Gasteiger partial charge in [-0.1, -0.05) is 25.4 Å². The van der Waals surface area contributed by atoms with E-state index in [0.717, 1.165) is 22.1 Å². The van der Waals surface area contributed by atoms with Crippen LogP contribution >= 0.6 is 11.6 Å². The van der Waals surface area contributed by atoms with Crippen LogP contribution in [0.3, 0.4) is 0 Å². The molecule has 0 aliphatic rings. The number of benzene rings is 2. The predicted molar refractivity (Wildman–Crippen MR) is 110 cm³/mol. The van der Waals surface area contributed by atoms with E-state index in [1.807, 2.05) is 19.1 Å². The summed E-state index contributed by atoms with van der Waals surface area (Å²) in [6, 6.07) is 7.69. The van der Waals surface area contributed by atoms with Crippen LogP contribution in [-0.4, -0.2) is 13.0 Å². The van der Waals surface area contributed by atoms with E-state index in [4.69, 9.17) is 20.8 Å². The van der Waals surface area contributed by atoms with E-state index in [1.54, 1.807) is 19.4 Å². The molecule has 3 rings (SSSR count). The molecule has 0 aliphatic carbocycles. The average molecular weight is 386 g/mol. The number of rotatable bonds is 5. The van der Waals surface area contributed by atoms with Gasteiger partial charge in [-0.05, 0) is 54.7 Å². The highest BCUT2D eigenvalue weighted by molar-refractivity contribution is 6.31.